The fraction of sp³-hybridized carbons (Fsp3) is 0.462. The summed E-state index contributed by atoms with van der Waals surface area (Å²) in [5.74, 6) is -3.51. The number of nitro groups is 1. The first kappa shape index (κ1) is 15.3. The van der Waals surface area contributed by atoms with Crippen LogP contribution < -0.4 is 10.6 Å². The van der Waals surface area contributed by atoms with Crippen molar-refractivity contribution in [1.29, 1.82) is 0 Å². The molecular weight excluding hydrogens is 284 g/mol. The van der Waals surface area contributed by atoms with Crippen LogP contribution in [0.5, 0.6) is 0 Å². The van der Waals surface area contributed by atoms with E-state index in [-0.39, 0.29) is 6.04 Å². The van der Waals surface area contributed by atoms with E-state index in [4.69, 9.17) is 0 Å². The third kappa shape index (κ3) is 3.52. The molecule has 114 valence electrons. The van der Waals surface area contributed by atoms with Crippen LogP contribution in [0, 0.1) is 21.7 Å². The summed E-state index contributed by atoms with van der Waals surface area (Å²) >= 11 is 0. The molecule has 8 heteroatoms. The molecule has 6 nitrogen and oxygen atoms in total. The van der Waals surface area contributed by atoms with Crippen molar-refractivity contribution in [1.82, 2.24) is 10.6 Å². The molecule has 21 heavy (non-hydrogen) atoms. The number of nitrogens with one attached hydrogen (secondary N) is 2. The Labute approximate surface area is 119 Å². The van der Waals surface area contributed by atoms with Gasteiger partial charge in [-0.3, -0.25) is 14.9 Å². The molecular formula is C13H15F2N3O3. The minimum absolute atomic E-state index is 0.203. The Balaban J connectivity index is 2.22. The zero-order valence-electron chi connectivity index (χ0n) is 11.2. The first-order chi connectivity index (χ1) is 10.0. The molecule has 1 heterocycles. The second-order valence-electron chi connectivity index (χ2n) is 4.86. The fourth-order valence-corrected chi connectivity index (χ4v) is 2.31. The predicted octanol–water partition coefficient (Wildman–Crippen LogP) is 1.74. The molecule has 1 saturated heterocycles. The van der Waals surface area contributed by atoms with E-state index in [1.165, 1.54) is 0 Å². The van der Waals surface area contributed by atoms with Crippen molar-refractivity contribution in [3.63, 3.8) is 0 Å². The SMILES string of the molecule is O=C(NC1CCCNCC1)c1c(F)ccc([N+](=O)[O-])c1F. The summed E-state index contributed by atoms with van der Waals surface area (Å²) in [4.78, 5) is 21.7. The lowest BCUT2D eigenvalue weighted by atomic mass is 10.1. The lowest BCUT2D eigenvalue weighted by Crippen LogP contribution is -2.36. The van der Waals surface area contributed by atoms with Gasteiger partial charge in [0.1, 0.15) is 11.4 Å². The van der Waals surface area contributed by atoms with Crippen LogP contribution in [0.1, 0.15) is 29.6 Å². The normalized spacial score (nSPS) is 18.9. The summed E-state index contributed by atoms with van der Waals surface area (Å²) in [5, 5.41) is 16.3. The summed E-state index contributed by atoms with van der Waals surface area (Å²) in [6, 6.07) is 1.23. The molecule has 1 aliphatic heterocycles. The molecule has 1 aromatic carbocycles. The maximum absolute atomic E-state index is 13.9. The number of nitro benzene ring substituents is 1. The number of hydrogen-bond acceptors (Lipinski definition) is 4. The van der Waals surface area contributed by atoms with Gasteiger partial charge in [0.15, 0.2) is 0 Å². The van der Waals surface area contributed by atoms with Gasteiger partial charge in [0.2, 0.25) is 5.82 Å². The van der Waals surface area contributed by atoms with Gasteiger partial charge in [-0.1, -0.05) is 0 Å². The number of nitrogens with zero attached hydrogens (tertiary/aromatic N) is 1. The molecule has 0 radical (unpaired) electrons. The maximum atomic E-state index is 13.9. The minimum Gasteiger partial charge on any atom is -0.349 e. The Kier molecular flexibility index (Phi) is 4.79. The molecule has 1 fully saturated rings. The number of carbonyl (C=O) groups is 1. The van der Waals surface area contributed by atoms with Crippen LogP contribution in [0.2, 0.25) is 0 Å². The topological polar surface area (TPSA) is 84.3 Å². The van der Waals surface area contributed by atoms with Crippen LogP contribution in [0.25, 0.3) is 0 Å². The number of hydrogen-bond donors (Lipinski definition) is 2. The lowest BCUT2D eigenvalue weighted by Gasteiger charge is -2.16. The maximum Gasteiger partial charge on any atom is 0.305 e. The van der Waals surface area contributed by atoms with Gasteiger partial charge in [0, 0.05) is 12.1 Å². The molecule has 2 N–H and O–H groups in total. The van der Waals surface area contributed by atoms with E-state index in [9.17, 15) is 23.7 Å². The largest absolute Gasteiger partial charge is 0.349 e. The van der Waals surface area contributed by atoms with Crippen molar-refractivity contribution >= 4 is 11.6 Å². The average molecular weight is 299 g/mol. The van der Waals surface area contributed by atoms with Gasteiger partial charge in [-0.2, -0.15) is 4.39 Å². The zero-order valence-corrected chi connectivity index (χ0v) is 11.2. The van der Waals surface area contributed by atoms with Crippen molar-refractivity contribution in [3.05, 3.63) is 39.4 Å². The summed E-state index contributed by atoms with van der Waals surface area (Å²) < 4.78 is 27.6. The fourth-order valence-electron chi connectivity index (χ4n) is 2.31. The number of benzene rings is 1. The van der Waals surface area contributed by atoms with Gasteiger partial charge >= 0.3 is 5.69 Å². The standard InChI is InChI=1S/C13H15F2N3O3/c14-9-3-4-10(18(20)21)12(15)11(9)13(19)17-8-2-1-6-16-7-5-8/h3-4,8,16H,1-2,5-7H2,(H,17,19). The number of halogens is 2. The summed E-state index contributed by atoms with van der Waals surface area (Å²) in [6.45, 7) is 1.52. The van der Waals surface area contributed by atoms with E-state index >= 15 is 0 Å². The van der Waals surface area contributed by atoms with Gasteiger partial charge in [-0.15, -0.1) is 0 Å². The monoisotopic (exact) mass is 299 g/mol. The van der Waals surface area contributed by atoms with Crippen LogP contribution >= 0.6 is 0 Å². The number of carbonyl (C=O) groups excluding carboxylic acids is 1. The van der Waals surface area contributed by atoms with E-state index in [2.05, 4.69) is 10.6 Å². The molecule has 1 aromatic rings. The highest BCUT2D eigenvalue weighted by atomic mass is 19.1. The highest BCUT2D eigenvalue weighted by Crippen LogP contribution is 2.23. The first-order valence-corrected chi connectivity index (χ1v) is 6.64. The minimum atomic E-state index is -1.44. The molecule has 0 saturated carbocycles. The van der Waals surface area contributed by atoms with Crippen LogP contribution in [0.4, 0.5) is 14.5 Å². The Morgan fingerprint density at radius 3 is 2.81 bits per heavy atom. The third-order valence-electron chi connectivity index (χ3n) is 3.41. The quantitative estimate of drug-likeness (QED) is 0.658. The van der Waals surface area contributed by atoms with Crippen LogP contribution in [-0.4, -0.2) is 30.0 Å². The van der Waals surface area contributed by atoms with Gasteiger partial charge in [-0.25, -0.2) is 4.39 Å². The van der Waals surface area contributed by atoms with Crippen LogP contribution in [0.3, 0.4) is 0 Å². The number of rotatable bonds is 3. The molecule has 0 spiro atoms. The van der Waals surface area contributed by atoms with E-state index in [0.717, 1.165) is 19.0 Å². The summed E-state index contributed by atoms with van der Waals surface area (Å²) in [5.41, 5.74) is -1.81. The van der Waals surface area contributed by atoms with Crippen LogP contribution in [0.15, 0.2) is 12.1 Å². The van der Waals surface area contributed by atoms with Gasteiger partial charge in [-0.05, 0) is 38.4 Å². The second-order valence-corrected chi connectivity index (χ2v) is 4.86. The molecule has 0 bridgehead atoms. The molecule has 1 amide bonds. The lowest BCUT2D eigenvalue weighted by molar-refractivity contribution is -0.387. The summed E-state index contributed by atoms with van der Waals surface area (Å²) in [6.07, 6.45) is 2.17. The van der Waals surface area contributed by atoms with Gasteiger partial charge in [0.05, 0.1) is 4.92 Å². The van der Waals surface area contributed by atoms with Crippen molar-refractivity contribution in [2.24, 2.45) is 0 Å². The highest BCUT2D eigenvalue weighted by Gasteiger charge is 2.27. The van der Waals surface area contributed by atoms with Gasteiger partial charge < -0.3 is 10.6 Å². The Bertz CT molecular complexity index is 558. The van der Waals surface area contributed by atoms with Crippen molar-refractivity contribution in [3.8, 4) is 0 Å². The predicted molar refractivity (Wildman–Crippen MR) is 71.0 cm³/mol. The van der Waals surface area contributed by atoms with E-state index in [1.54, 1.807) is 0 Å². The van der Waals surface area contributed by atoms with E-state index in [0.29, 0.717) is 25.5 Å². The van der Waals surface area contributed by atoms with Crippen molar-refractivity contribution < 1.29 is 18.5 Å². The molecule has 0 aliphatic carbocycles. The molecule has 0 aromatic heterocycles. The van der Waals surface area contributed by atoms with Crippen LogP contribution in [-0.2, 0) is 0 Å². The molecule has 1 unspecified atom stereocenters. The zero-order chi connectivity index (χ0) is 15.4. The molecule has 2 rings (SSSR count). The highest BCUT2D eigenvalue weighted by molar-refractivity contribution is 5.95. The number of amides is 1. The van der Waals surface area contributed by atoms with E-state index in [1.807, 2.05) is 0 Å². The van der Waals surface area contributed by atoms with Crippen molar-refractivity contribution in [2.75, 3.05) is 13.1 Å². The first-order valence-electron chi connectivity index (χ1n) is 6.64. The van der Waals surface area contributed by atoms with Gasteiger partial charge in [0.25, 0.3) is 5.91 Å². The third-order valence-corrected chi connectivity index (χ3v) is 3.41. The average Bonchev–Trinajstić information content (AvgIpc) is 2.67. The summed E-state index contributed by atoms with van der Waals surface area (Å²) in [7, 11) is 0. The molecule has 1 aliphatic rings. The smallest absolute Gasteiger partial charge is 0.305 e. The Morgan fingerprint density at radius 2 is 2.10 bits per heavy atom. The second kappa shape index (κ2) is 6.57. The Morgan fingerprint density at radius 1 is 1.33 bits per heavy atom. The Hall–Kier alpha value is -2.09. The molecule has 1 atom stereocenters. The van der Waals surface area contributed by atoms with Crippen molar-refractivity contribution in [2.45, 2.75) is 25.3 Å². The van der Waals surface area contributed by atoms with E-state index < -0.39 is 33.7 Å².